The highest BCUT2D eigenvalue weighted by atomic mass is 19.2. The largest absolute Gasteiger partial charge is 0.349 e. The van der Waals surface area contributed by atoms with Gasteiger partial charge in [-0.1, -0.05) is 13.8 Å². The summed E-state index contributed by atoms with van der Waals surface area (Å²) >= 11 is 0. The van der Waals surface area contributed by atoms with E-state index in [0.717, 1.165) is 0 Å². The van der Waals surface area contributed by atoms with Crippen molar-refractivity contribution in [3.63, 3.8) is 0 Å². The number of nitrogens with one attached hydrogen (secondary N) is 1. The minimum atomic E-state index is -2.29. The molecule has 0 saturated carbocycles. The van der Waals surface area contributed by atoms with E-state index in [1.165, 1.54) is 0 Å². The van der Waals surface area contributed by atoms with Gasteiger partial charge in [-0.25, -0.2) is 22.0 Å². The second kappa shape index (κ2) is 5.54. The molecular weight excluding hydrogens is 269 g/mol. The molecule has 1 aromatic rings. The summed E-state index contributed by atoms with van der Waals surface area (Å²) in [5.41, 5.74) is -1.47. The normalized spacial score (nSPS) is 12.7. The molecule has 0 aliphatic rings. The highest BCUT2D eigenvalue weighted by Gasteiger charge is 2.30. The fourth-order valence-corrected chi connectivity index (χ4v) is 1.25. The lowest BCUT2D eigenvalue weighted by Gasteiger charge is -2.18. The molecule has 2 nitrogen and oxygen atoms in total. The van der Waals surface area contributed by atoms with Gasteiger partial charge in [-0.15, -0.1) is 0 Å². The van der Waals surface area contributed by atoms with Gasteiger partial charge in [-0.05, 0) is 12.8 Å². The van der Waals surface area contributed by atoms with Crippen molar-refractivity contribution in [2.24, 2.45) is 5.92 Å². The van der Waals surface area contributed by atoms with Gasteiger partial charge >= 0.3 is 0 Å². The Bertz CT molecular complexity index is 486. The van der Waals surface area contributed by atoms with Crippen molar-refractivity contribution >= 4 is 5.91 Å². The molecule has 106 valence electrons. The Labute approximate surface area is 106 Å². The second-order valence-electron chi connectivity index (χ2n) is 4.45. The molecule has 0 aliphatic carbocycles. The van der Waals surface area contributed by atoms with Gasteiger partial charge in [0.15, 0.2) is 23.3 Å². The molecule has 7 heteroatoms. The monoisotopic (exact) mass is 281 g/mol. The number of carbonyl (C=O) groups excluding carboxylic acids is 1. The number of amides is 1. The molecule has 0 fully saturated rings. The minimum Gasteiger partial charge on any atom is -0.349 e. The third-order valence-electron chi connectivity index (χ3n) is 2.80. The van der Waals surface area contributed by atoms with Gasteiger partial charge in [0.25, 0.3) is 5.91 Å². The van der Waals surface area contributed by atoms with Gasteiger partial charge in [0, 0.05) is 6.04 Å². The highest BCUT2D eigenvalue weighted by Crippen LogP contribution is 2.23. The third kappa shape index (κ3) is 2.85. The maximum absolute atomic E-state index is 13.3. The van der Waals surface area contributed by atoms with E-state index >= 15 is 0 Å². The van der Waals surface area contributed by atoms with Gasteiger partial charge in [0.05, 0.1) is 0 Å². The van der Waals surface area contributed by atoms with Crippen LogP contribution in [0.3, 0.4) is 0 Å². The molecule has 1 aromatic carbocycles. The molecule has 1 amide bonds. The van der Waals surface area contributed by atoms with Crippen molar-refractivity contribution in [2.45, 2.75) is 26.8 Å². The summed E-state index contributed by atoms with van der Waals surface area (Å²) in [6.45, 7) is 5.00. The first-order valence-corrected chi connectivity index (χ1v) is 5.50. The van der Waals surface area contributed by atoms with E-state index in [1.54, 1.807) is 20.8 Å². The van der Waals surface area contributed by atoms with Gasteiger partial charge in [-0.3, -0.25) is 4.79 Å². The van der Waals surface area contributed by atoms with Crippen molar-refractivity contribution in [1.29, 1.82) is 0 Å². The zero-order valence-electron chi connectivity index (χ0n) is 10.5. The van der Waals surface area contributed by atoms with Crippen LogP contribution >= 0.6 is 0 Å². The van der Waals surface area contributed by atoms with Crippen LogP contribution in [0, 0.1) is 35.0 Å². The fraction of sp³-hybridized carbons (Fsp3) is 0.417. The van der Waals surface area contributed by atoms with Crippen LogP contribution in [0.5, 0.6) is 0 Å². The predicted octanol–water partition coefficient (Wildman–Crippen LogP) is 3.16. The summed E-state index contributed by atoms with van der Waals surface area (Å²) in [5, 5.41) is 2.18. The summed E-state index contributed by atoms with van der Waals surface area (Å²) in [4.78, 5) is 11.6. The van der Waals surface area contributed by atoms with Gasteiger partial charge < -0.3 is 5.32 Å². The zero-order valence-corrected chi connectivity index (χ0v) is 10.5. The Morgan fingerprint density at radius 1 is 0.842 bits per heavy atom. The number of benzene rings is 1. The number of hydrogen-bond acceptors (Lipinski definition) is 1. The average molecular weight is 281 g/mol. The van der Waals surface area contributed by atoms with Gasteiger partial charge in [-0.2, -0.15) is 0 Å². The van der Waals surface area contributed by atoms with Crippen LogP contribution in [0.4, 0.5) is 22.0 Å². The van der Waals surface area contributed by atoms with Crippen molar-refractivity contribution in [2.75, 3.05) is 0 Å². The van der Waals surface area contributed by atoms with Crippen LogP contribution in [0.1, 0.15) is 31.1 Å². The summed E-state index contributed by atoms with van der Waals surface area (Å²) in [6, 6.07) is -0.484. The lowest BCUT2D eigenvalue weighted by atomic mass is 10.1. The first-order chi connectivity index (χ1) is 8.68. The van der Waals surface area contributed by atoms with Crippen LogP contribution in [0.25, 0.3) is 0 Å². The molecule has 0 heterocycles. The average Bonchev–Trinajstić information content (AvgIpc) is 2.34. The molecule has 0 radical (unpaired) electrons. The Hall–Kier alpha value is -1.66. The second-order valence-corrected chi connectivity index (χ2v) is 4.45. The highest BCUT2D eigenvalue weighted by molar-refractivity contribution is 5.95. The number of carbonyl (C=O) groups is 1. The molecule has 1 N–H and O–H groups in total. The molecule has 1 rings (SSSR count). The van der Waals surface area contributed by atoms with Crippen molar-refractivity contribution in [3.05, 3.63) is 34.6 Å². The van der Waals surface area contributed by atoms with Gasteiger partial charge in [0.1, 0.15) is 5.56 Å². The van der Waals surface area contributed by atoms with Gasteiger partial charge in [0.2, 0.25) is 5.82 Å². The van der Waals surface area contributed by atoms with Crippen molar-refractivity contribution in [1.82, 2.24) is 5.32 Å². The minimum absolute atomic E-state index is 0.0646. The molecule has 19 heavy (non-hydrogen) atoms. The van der Waals surface area contributed by atoms with E-state index in [0.29, 0.717) is 0 Å². The van der Waals surface area contributed by atoms with E-state index in [1.807, 2.05) is 0 Å². The van der Waals surface area contributed by atoms with Crippen LogP contribution in [-0.2, 0) is 0 Å². The summed E-state index contributed by atoms with van der Waals surface area (Å²) in [7, 11) is 0. The van der Waals surface area contributed by atoms with E-state index in [9.17, 15) is 26.7 Å². The predicted molar refractivity (Wildman–Crippen MR) is 58.0 cm³/mol. The Balaban J connectivity index is 3.25. The summed E-state index contributed by atoms with van der Waals surface area (Å²) in [5.74, 6) is -12.2. The lowest BCUT2D eigenvalue weighted by Crippen LogP contribution is -2.37. The molecule has 1 atom stereocenters. The SMILES string of the molecule is CC(C)C(C)NC(=O)c1c(F)c(F)c(F)c(F)c1F. The number of rotatable bonds is 3. The maximum Gasteiger partial charge on any atom is 0.257 e. The smallest absolute Gasteiger partial charge is 0.257 e. The molecule has 0 aromatic heterocycles. The third-order valence-corrected chi connectivity index (χ3v) is 2.80. The van der Waals surface area contributed by atoms with E-state index in [-0.39, 0.29) is 5.92 Å². The Morgan fingerprint density at radius 2 is 1.21 bits per heavy atom. The first kappa shape index (κ1) is 15.4. The Morgan fingerprint density at radius 3 is 1.58 bits per heavy atom. The van der Waals surface area contributed by atoms with E-state index in [2.05, 4.69) is 5.32 Å². The molecule has 0 spiro atoms. The number of halogens is 5. The zero-order chi connectivity index (χ0) is 14.9. The molecule has 0 saturated heterocycles. The maximum atomic E-state index is 13.3. The van der Waals surface area contributed by atoms with Crippen LogP contribution in [0.2, 0.25) is 0 Å². The fourth-order valence-electron chi connectivity index (χ4n) is 1.25. The molecule has 0 bridgehead atoms. The summed E-state index contributed by atoms with van der Waals surface area (Å²) < 4.78 is 65.3. The van der Waals surface area contributed by atoms with Crippen molar-refractivity contribution in [3.8, 4) is 0 Å². The number of hydrogen-bond donors (Lipinski definition) is 1. The quantitative estimate of drug-likeness (QED) is 0.514. The first-order valence-electron chi connectivity index (χ1n) is 5.50. The van der Waals surface area contributed by atoms with E-state index in [4.69, 9.17) is 0 Å². The van der Waals surface area contributed by atoms with E-state index < -0.39 is 46.6 Å². The molecular formula is C12H12F5NO. The van der Waals surface area contributed by atoms with Crippen LogP contribution < -0.4 is 5.32 Å². The topological polar surface area (TPSA) is 29.1 Å². The molecule has 0 aliphatic heterocycles. The summed E-state index contributed by atoms with van der Waals surface area (Å²) in [6.07, 6.45) is 0. The Kier molecular flexibility index (Phi) is 4.49. The van der Waals surface area contributed by atoms with Crippen molar-refractivity contribution < 1.29 is 26.7 Å². The van der Waals surface area contributed by atoms with Crippen LogP contribution in [0.15, 0.2) is 0 Å². The lowest BCUT2D eigenvalue weighted by molar-refractivity contribution is 0.0918. The standard InChI is InChI=1S/C12H12F5NO/c1-4(2)5(3)18-12(19)6-7(13)9(15)11(17)10(16)8(6)14/h4-5H,1-3H3,(H,18,19). The van der Waals surface area contributed by atoms with Crippen LogP contribution in [-0.4, -0.2) is 11.9 Å². The molecule has 1 unspecified atom stereocenters.